The Bertz CT molecular complexity index is 422. The molecule has 0 atom stereocenters. The minimum absolute atomic E-state index is 0.0578. The van der Waals surface area contributed by atoms with E-state index in [1.54, 1.807) is 0 Å². The van der Waals surface area contributed by atoms with E-state index in [0.29, 0.717) is 18.4 Å². The Morgan fingerprint density at radius 1 is 1.42 bits per heavy atom. The predicted octanol–water partition coefficient (Wildman–Crippen LogP) is 1.14. The van der Waals surface area contributed by atoms with Gasteiger partial charge in [-0.05, 0) is 32.9 Å². The van der Waals surface area contributed by atoms with Crippen molar-refractivity contribution < 1.29 is 4.79 Å². The zero-order valence-corrected chi connectivity index (χ0v) is 11.9. The van der Waals surface area contributed by atoms with Crippen LogP contribution in [0.1, 0.15) is 56.0 Å². The number of aromatic nitrogens is 3. The number of aromatic amines is 1. The molecule has 0 unspecified atom stereocenters. The first-order chi connectivity index (χ1) is 9.13. The first-order valence-electron chi connectivity index (χ1n) is 7.07. The van der Waals surface area contributed by atoms with Gasteiger partial charge in [-0.3, -0.25) is 9.89 Å². The molecule has 6 heteroatoms. The Kier molecular flexibility index (Phi) is 4.52. The van der Waals surface area contributed by atoms with Crippen molar-refractivity contribution in [2.45, 2.75) is 45.6 Å². The van der Waals surface area contributed by atoms with Crippen LogP contribution in [0.25, 0.3) is 0 Å². The summed E-state index contributed by atoms with van der Waals surface area (Å²) >= 11 is 0. The first-order valence-corrected chi connectivity index (χ1v) is 7.07. The molecule has 1 aromatic rings. The van der Waals surface area contributed by atoms with Gasteiger partial charge in [-0.15, -0.1) is 5.10 Å². The van der Waals surface area contributed by atoms with Gasteiger partial charge in [-0.2, -0.15) is 0 Å². The van der Waals surface area contributed by atoms with Gasteiger partial charge in [-0.25, -0.2) is 4.98 Å². The molecule has 0 radical (unpaired) electrons. The number of hydrogen-bond acceptors (Lipinski definition) is 4. The lowest BCUT2D eigenvalue weighted by Crippen LogP contribution is -2.46. The molecule has 1 aliphatic heterocycles. The van der Waals surface area contributed by atoms with Crippen molar-refractivity contribution in [3.8, 4) is 0 Å². The zero-order chi connectivity index (χ0) is 13.8. The third-order valence-electron chi connectivity index (χ3n) is 3.59. The Labute approximate surface area is 114 Å². The van der Waals surface area contributed by atoms with Crippen molar-refractivity contribution in [2.24, 2.45) is 0 Å². The SMILES string of the molecule is CCN(C(=O)c1n[nH]c(C(C)C)n1)C1CCNCC1. The maximum absolute atomic E-state index is 12.5. The number of H-pyrrole nitrogens is 1. The third-order valence-corrected chi connectivity index (χ3v) is 3.59. The number of piperidine rings is 1. The fourth-order valence-corrected chi connectivity index (χ4v) is 2.44. The van der Waals surface area contributed by atoms with Crippen molar-refractivity contribution in [1.29, 1.82) is 0 Å². The van der Waals surface area contributed by atoms with E-state index in [0.717, 1.165) is 31.8 Å². The summed E-state index contributed by atoms with van der Waals surface area (Å²) in [6, 6.07) is 0.305. The highest BCUT2D eigenvalue weighted by Gasteiger charge is 2.27. The largest absolute Gasteiger partial charge is 0.333 e. The molecule has 0 spiro atoms. The number of carbonyl (C=O) groups is 1. The molecule has 0 aromatic carbocycles. The summed E-state index contributed by atoms with van der Waals surface area (Å²) in [7, 11) is 0. The fourth-order valence-electron chi connectivity index (χ4n) is 2.44. The Balaban J connectivity index is 2.10. The lowest BCUT2D eigenvalue weighted by molar-refractivity contribution is 0.0644. The molecular formula is C13H23N5O. The van der Waals surface area contributed by atoms with E-state index in [-0.39, 0.29) is 11.8 Å². The van der Waals surface area contributed by atoms with Crippen LogP contribution in [0, 0.1) is 0 Å². The summed E-state index contributed by atoms with van der Waals surface area (Å²) < 4.78 is 0. The predicted molar refractivity (Wildman–Crippen MR) is 73.1 cm³/mol. The van der Waals surface area contributed by atoms with Crippen molar-refractivity contribution in [3.63, 3.8) is 0 Å². The quantitative estimate of drug-likeness (QED) is 0.856. The second-order valence-corrected chi connectivity index (χ2v) is 5.27. The van der Waals surface area contributed by atoms with E-state index in [2.05, 4.69) is 20.5 Å². The second kappa shape index (κ2) is 6.14. The van der Waals surface area contributed by atoms with Gasteiger partial charge in [0.25, 0.3) is 5.91 Å². The topological polar surface area (TPSA) is 73.9 Å². The molecule has 0 aliphatic carbocycles. The van der Waals surface area contributed by atoms with Crippen LogP contribution < -0.4 is 5.32 Å². The van der Waals surface area contributed by atoms with Crippen LogP contribution in [-0.2, 0) is 0 Å². The molecule has 0 saturated carbocycles. The van der Waals surface area contributed by atoms with E-state index in [9.17, 15) is 4.79 Å². The molecule has 19 heavy (non-hydrogen) atoms. The van der Waals surface area contributed by atoms with Gasteiger partial charge in [-0.1, -0.05) is 13.8 Å². The highest BCUT2D eigenvalue weighted by atomic mass is 16.2. The number of nitrogens with one attached hydrogen (secondary N) is 2. The van der Waals surface area contributed by atoms with E-state index < -0.39 is 0 Å². The Morgan fingerprint density at radius 3 is 2.63 bits per heavy atom. The van der Waals surface area contributed by atoms with Crippen LogP contribution in [-0.4, -0.2) is 51.7 Å². The standard InChI is InChI=1S/C13H23N5O/c1-4-18(10-5-7-14-8-6-10)13(19)12-15-11(9(2)3)16-17-12/h9-10,14H,4-8H2,1-3H3,(H,15,16,17). The van der Waals surface area contributed by atoms with Gasteiger partial charge in [0.15, 0.2) is 0 Å². The smallest absolute Gasteiger partial charge is 0.293 e. The number of rotatable bonds is 4. The third kappa shape index (κ3) is 3.12. The maximum atomic E-state index is 12.5. The molecule has 0 bridgehead atoms. The van der Waals surface area contributed by atoms with Crippen LogP contribution in [0.15, 0.2) is 0 Å². The van der Waals surface area contributed by atoms with Gasteiger partial charge in [0.2, 0.25) is 5.82 Å². The molecule has 2 N–H and O–H groups in total. The van der Waals surface area contributed by atoms with Crippen LogP contribution in [0.2, 0.25) is 0 Å². The summed E-state index contributed by atoms with van der Waals surface area (Å²) in [5, 5.41) is 10.2. The van der Waals surface area contributed by atoms with E-state index in [1.165, 1.54) is 0 Å². The fraction of sp³-hybridized carbons (Fsp3) is 0.769. The van der Waals surface area contributed by atoms with Crippen molar-refractivity contribution in [1.82, 2.24) is 25.4 Å². The van der Waals surface area contributed by atoms with E-state index in [4.69, 9.17) is 0 Å². The monoisotopic (exact) mass is 265 g/mol. The maximum Gasteiger partial charge on any atom is 0.293 e. The molecule has 2 heterocycles. The number of carbonyl (C=O) groups excluding carboxylic acids is 1. The normalized spacial score (nSPS) is 16.8. The number of hydrogen-bond donors (Lipinski definition) is 2. The summed E-state index contributed by atoms with van der Waals surface area (Å²) in [5.74, 6) is 1.26. The molecule has 1 aromatic heterocycles. The van der Waals surface area contributed by atoms with E-state index >= 15 is 0 Å². The van der Waals surface area contributed by atoms with Gasteiger partial charge >= 0.3 is 0 Å². The highest BCUT2D eigenvalue weighted by molar-refractivity contribution is 5.90. The van der Waals surface area contributed by atoms with Crippen LogP contribution in [0.4, 0.5) is 0 Å². The highest BCUT2D eigenvalue weighted by Crippen LogP contribution is 2.15. The summed E-state index contributed by atoms with van der Waals surface area (Å²) in [6.45, 7) is 8.71. The molecule has 6 nitrogen and oxygen atoms in total. The van der Waals surface area contributed by atoms with Crippen LogP contribution >= 0.6 is 0 Å². The van der Waals surface area contributed by atoms with Gasteiger partial charge in [0.1, 0.15) is 5.82 Å². The molecule has 2 rings (SSSR count). The van der Waals surface area contributed by atoms with Crippen molar-refractivity contribution in [2.75, 3.05) is 19.6 Å². The first kappa shape index (κ1) is 14.0. The molecule has 1 fully saturated rings. The lowest BCUT2D eigenvalue weighted by Gasteiger charge is -2.33. The molecule has 106 valence electrons. The number of amides is 1. The van der Waals surface area contributed by atoms with Gasteiger partial charge in [0, 0.05) is 18.5 Å². The van der Waals surface area contributed by atoms with Gasteiger partial charge < -0.3 is 10.2 Å². The minimum atomic E-state index is -0.0578. The molecule has 1 saturated heterocycles. The van der Waals surface area contributed by atoms with Crippen molar-refractivity contribution >= 4 is 5.91 Å². The minimum Gasteiger partial charge on any atom is -0.333 e. The Hall–Kier alpha value is -1.43. The summed E-state index contributed by atoms with van der Waals surface area (Å²) in [4.78, 5) is 18.7. The lowest BCUT2D eigenvalue weighted by atomic mass is 10.0. The molecule has 1 amide bonds. The summed E-state index contributed by atoms with van der Waals surface area (Å²) in [5.41, 5.74) is 0. The Morgan fingerprint density at radius 2 is 2.11 bits per heavy atom. The summed E-state index contributed by atoms with van der Waals surface area (Å²) in [6.07, 6.45) is 2.00. The zero-order valence-electron chi connectivity index (χ0n) is 11.9. The average Bonchev–Trinajstić information content (AvgIpc) is 2.90. The van der Waals surface area contributed by atoms with Crippen LogP contribution in [0.3, 0.4) is 0 Å². The second-order valence-electron chi connectivity index (χ2n) is 5.27. The molecular weight excluding hydrogens is 242 g/mol. The van der Waals surface area contributed by atoms with Crippen molar-refractivity contribution in [3.05, 3.63) is 11.6 Å². The number of nitrogens with zero attached hydrogens (tertiary/aromatic N) is 3. The average molecular weight is 265 g/mol. The van der Waals surface area contributed by atoms with Crippen LogP contribution in [0.5, 0.6) is 0 Å². The molecule has 1 aliphatic rings. The van der Waals surface area contributed by atoms with E-state index in [1.807, 2.05) is 25.7 Å². The van der Waals surface area contributed by atoms with Gasteiger partial charge in [0.05, 0.1) is 0 Å².